The molecule has 0 aromatic rings. The van der Waals surface area contributed by atoms with Crippen LogP contribution in [0.4, 0.5) is 9.59 Å². The van der Waals surface area contributed by atoms with Gasteiger partial charge in [0, 0.05) is 0 Å². The van der Waals surface area contributed by atoms with Gasteiger partial charge >= 0.3 is 48.9 Å². The van der Waals surface area contributed by atoms with E-state index in [0.29, 0.717) is 0 Å². The van der Waals surface area contributed by atoms with Gasteiger partial charge in [0.2, 0.25) is 15.2 Å². The van der Waals surface area contributed by atoms with E-state index in [2.05, 4.69) is 11.5 Å². The van der Waals surface area contributed by atoms with Crippen molar-refractivity contribution < 1.29 is 38.3 Å². The summed E-state index contributed by atoms with van der Waals surface area (Å²) in [5.74, 6) is 0. The summed E-state index contributed by atoms with van der Waals surface area (Å²) in [6.07, 6.45) is 0. The number of nitrogens with two attached hydrogens (primary N) is 2. The minimum atomic E-state index is -4.85. The van der Waals surface area contributed by atoms with Crippen LogP contribution in [0, 0.1) is 0 Å². The second kappa shape index (κ2) is 7.98. The molecule has 0 aliphatic rings. The van der Waals surface area contributed by atoms with Gasteiger partial charge in [0.05, 0.1) is 0 Å². The molecule has 0 bridgehead atoms. The fourth-order valence-electron chi connectivity index (χ4n) is 0. The molecule has 0 saturated carbocycles. The molecule has 84 valence electrons. The van der Waals surface area contributed by atoms with E-state index in [0.717, 1.165) is 0 Å². The van der Waals surface area contributed by atoms with Crippen molar-refractivity contribution >= 4 is 75.4 Å². The van der Waals surface area contributed by atoms with Crippen LogP contribution in [0.5, 0.6) is 0 Å². The first kappa shape index (κ1) is 21.1. The number of hydrogen-bond donors (Lipinski definition) is 4. The number of carbonyl (C=O) groups excluding carboxylic acids is 2. The van der Waals surface area contributed by atoms with Crippen LogP contribution < -0.4 is 21.3 Å². The van der Waals surface area contributed by atoms with Crippen molar-refractivity contribution in [3.05, 3.63) is 0 Å². The molecule has 0 spiro atoms. The third-order valence-electron chi connectivity index (χ3n) is 0.557. The molecule has 6 N–H and O–H groups in total. The maximum Gasteiger partial charge on any atom is 2.00 e. The molecule has 0 aliphatic heterocycles. The quantitative estimate of drug-likeness (QED) is 0.281. The van der Waals surface area contributed by atoms with Gasteiger partial charge in [0.15, 0.2) is 0 Å². The monoisotopic (exact) mass is 386 g/mol. The molecule has 2 amide bonds. The van der Waals surface area contributed by atoms with Gasteiger partial charge in [-0.05, 0) is 0 Å². The molecule has 0 rings (SSSR count). The Morgan fingerprint density at radius 3 is 1.00 bits per heavy atom. The zero-order valence-corrected chi connectivity index (χ0v) is 13.3. The van der Waals surface area contributed by atoms with E-state index in [-0.39, 0.29) is 48.9 Å². The summed E-state index contributed by atoms with van der Waals surface area (Å²) in [5, 5.41) is 0. The standard InChI is InChI=1S/2CH4NO4P.Ba/c2*2-1(3)7(4,5)6;/h2*(H2,2,3)(H2,4,5,6);/q;;+2/p-2. The summed E-state index contributed by atoms with van der Waals surface area (Å²) < 4.78 is 18.9. The average Bonchev–Trinajstić information content (AvgIpc) is 1.83. The van der Waals surface area contributed by atoms with Gasteiger partial charge < -0.3 is 31.0 Å². The van der Waals surface area contributed by atoms with Crippen LogP contribution in [0.3, 0.4) is 0 Å². The van der Waals surface area contributed by atoms with Crippen molar-refractivity contribution in [1.29, 1.82) is 0 Å². The maximum atomic E-state index is 9.44. The molecule has 0 aliphatic carbocycles. The van der Waals surface area contributed by atoms with Crippen molar-refractivity contribution in [1.82, 2.24) is 0 Å². The van der Waals surface area contributed by atoms with E-state index < -0.39 is 26.5 Å². The van der Waals surface area contributed by atoms with E-state index in [9.17, 15) is 28.5 Å². The fraction of sp³-hybridized carbons (Fsp3) is 0. The molecule has 10 nitrogen and oxygen atoms in total. The molecule has 13 heteroatoms. The first-order chi connectivity index (χ1) is 5.89. The Kier molecular flexibility index (Phi) is 11.2. The predicted molar refractivity (Wildman–Crippen MR) is 44.6 cm³/mol. The summed E-state index contributed by atoms with van der Waals surface area (Å²) in [7, 11) is -9.70. The minimum Gasteiger partial charge on any atom is -0.772 e. The van der Waals surface area contributed by atoms with Crippen molar-refractivity contribution in [3.63, 3.8) is 0 Å². The van der Waals surface area contributed by atoms with E-state index in [1.165, 1.54) is 0 Å². The molecule has 0 aromatic heterocycles. The van der Waals surface area contributed by atoms with Crippen LogP contribution >= 0.6 is 15.2 Å². The zero-order chi connectivity index (χ0) is 12.2. The summed E-state index contributed by atoms with van der Waals surface area (Å²) in [5.41, 5.74) is 4.81. The van der Waals surface area contributed by atoms with E-state index in [1.54, 1.807) is 0 Å². The van der Waals surface area contributed by atoms with Crippen LogP contribution in [0.2, 0.25) is 0 Å². The maximum absolute atomic E-state index is 9.44. The smallest absolute Gasteiger partial charge is 0.772 e. The van der Waals surface area contributed by atoms with Gasteiger partial charge in [-0.15, -0.1) is 0 Å². The predicted octanol–water partition coefficient (Wildman–Crippen LogP) is -3.16. The largest absolute Gasteiger partial charge is 2.00 e. The number of rotatable bonds is 2. The van der Waals surface area contributed by atoms with Crippen LogP contribution in [-0.4, -0.2) is 70.0 Å². The molecule has 2 unspecified atom stereocenters. The number of hydrogen-bond acceptors (Lipinski definition) is 6. The molecular formula is C2H6BaN2O8P2. The molecule has 0 radical (unpaired) electrons. The fourth-order valence-corrected chi connectivity index (χ4v) is 0. The number of primary amides is 2. The van der Waals surface area contributed by atoms with Crippen molar-refractivity contribution in [2.45, 2.75) is 0 Å². The van der Waals surface area contributed by atoms with Crippen LogP contribution in [-0.2, 0) is 9.13 Å². The number of amides is 2. The Morgan fingerprint density at radius 1 is 0.933 bits per heavy atom. The Labute approximate surface area is 124 Å². The van der Waals surface area contributed by atoms with Gasteiger partial charge in [-0.2, -0.15) is 0 Å². The first-order valence-electron chi connectivity index (χ1n) is 2.56. The third-order valence-corrected chi connectivity index (χ3v) is 1.67. The first-order valence-corrected chi connectivity index (χ1v) is 5.72. The minimum absolute atomic E-state index is 0. The second-order valence-electron chi connectivity index (χ2n) is 1.72. The van der Waals surface area contributed by atoms with Gasteiger partial charge in [-0.25, -0.2) is 0 Å². The Hall–Kier alpha value is 0.811. The van der Waals surface area contributed by atoms with Gasteiger partial charge in [-0.1, -0.05) is 0 Å². The Morgan fingerprint density at radius 2 is 1.00 bits per heavy atom. The molecule has 0 saturated heterocycles. The van der Waals surface area contributed by atoms with E-state index >= 15 is 0 Å². The normalized spacial score (nSPS) is 16.8. The van der Waals surface area contributed by atoms with Crippen LogP contribution in [0.25, 0.3) is 0 Å². The third kappa shape index (κ3) is 14.8. The molecule has 15 heavy (non-hydrogen) atoms. The topological polar surface area (TPSA) is 207 Å². The van der Waals surface area contributed by atoms with Gasteiger partial charge in [0.1, 0.15) is 0 Å². The zero-order valence-electron chi connectivity index (χ0n) is 7.10. The Balaban J connectivity index is -0.000000180. The van der Waals surface area contributed by atoms with E-state index in [4.69, 9.17) is 9.79 Å². The summed E-state index contributed by atoms with van der Waals surface area (Å²) in [6, 6.07) is 0. The summed E-state index contributed by atoms with van der Waals surface area (Å²) in [4.78, 5) is 53.0. The summed E-state index contributed by atoms with van der Waals surface area (Å²) >= 11 is 0. The molecule has 2 atom stereocenters. The van der Waals surface area contributed by atoms with E-state index in [1.807, 2.05) is 0 Å². The molecule has 0 heterocycles. The summed E-state index contributed by atoms with van der Waals surface area (Å²) in [6.45, 7) is 0. The Bertz CT molecular complexity index is 285. The van der Waals surface area contributed by atoms with Crippen molar-refractivity contribution in [3.8, 4) is 0 Å². The average molecular weight is 385 g/mol. The van der Waals surface area contributed by atoms with Crippen molar-refractivity contribution in [2.75, 3.05) is 0 Å². The van der Waals surface area contributed by atoms with Gasteiger partial charge in [0.25, 0.3) is 11.3 Å². The molecule has 0 aromatic carbocycles. The molecular weight excluding hydrogens is 379 g/mol. The van der Waals surface area contributed by atoms with Crippen LogP contribution in [0.1, 0.15) is 0 Å². The number of carbonyl (C=O) groups is 2. The second-order valence-corrected chi connectivity index (χ2v) is 4.68. The SMILES string of the molecule is NC(=O)P(=O)([O-])O.NC(=O)P(=O)([O-])O.[Ba+2]. The molecule has 0 fully saturated rings. The van der Waals surface area contributed by atoms with Crippen molar-refractivity contribution in [2.24, 2.45) is 11.5 Å². The van der Waals surface area contributed by atoms with Gasteiger partial charge in [-0.3, -0.25) is 18.7 Å². The van der Waals surface area contributed by atoms with Crippen LogP contribution in [0.15, 0.2) is 0 Å².